The predicted octanol–water partition coefficient (Wildman–Crippen LogP) is 3.12. The number of carboxylic acids is 1. The Labute approximate surface area is 85.4 Å². The van der Waals surface area contributed by atoms with E-state index in [2.05, 4.69) is 13.8 Å². The third kappa shape index (κ3) is 5.62. The highest BCUT2D eigenvalue weighted by molar-refractivity contribution is 5.86. The van der Waals surface area contributed by atoms with Gasteiger partial charge in [-0.1, -0.05) is 26.7 Å². The number of aliphatic carboxylic acids is 1. The van der Waals surface area contributed by atoms with E-state index in [9.17, 15) is 9.90 Å². The number of carboxylic acid groups (broad SMARTS) is 1. The van der Waals surface area contributed by atoms with Gasteiger partial charge in [0.2, 0.25) is 0 Å². The Morgan fingerprint density at radius 3 is 2.21 bits per heavy atom. The van der Waals surface area contributed by atoms with Gasteiger partial charge in [-0.15, -0.1) is 0 Å². The minimum absolute atomic E-state index is 0.0151. The fourth-order valence-corrected chi connectivity index (χ4v) is 1.16. The molecule has 0 heterocycles. The quantitative estimate of drug-likeness (QED) is 0.393. The summed E-state index contributed by atoms with van der Waals surface area (Å²) in [6.07, 6.45) is 3.49. The van der Waals surface area contributed by atoms with Gasteiger partial charge in [0.25, 0.3) is 0 Å². The van der Waals surface area contributed by atoms with E-state index in [1.807, 2.05) is 0 Å². The van der Waals surface area contributed by atoms with Crippen molar-refractivity contribution < 1.29 is 15.0 Å². The first-order valence-electron chi connectivity index (χ1n) is 5.07. The first-order chi connectivity index (χ1) is 6.45. The topological polar surface area (TPSA) is 57.5 Å². The van der Waals surface area contributed by atoms with E-state index in [1.165, 1.54) is 6.92 Å². The smallest absolute Gasteiger partial charge is 0.334 e. The van der Waals surface area contributed by atoms with Gasteiger partial charge in [0, 0.05) is 6.42 Å². The van der Waals surface area contributed by atoms with Crippen LogP contribution in [0.5, 0.6) is 0 Å². The Bertz CT molecular complexity index is 217. The number of unbranched alkanes of at least 4 members (excludes halogenated alkanes) is 1. The predicted molar refractivity (Wildman–Crippen MR) is 56.3 cm³/mol. The van der Waals surface area contributed by atoms with E-state index in [-0.39, 0.29) is 11.3 Å². The van der Waals surface area contributed by atoms with Crippen molar-refractivity contribution in [3.8, 4) is 0 Å². The van der Waals surface area contributed by atoms with E-state index < -0.39 is 5.97 Å². The maximum absolute atomic E-state index is 10.5. The second-order valence-corrected chi connectivity index (χ2v) is 4.02. The van der Waals surface area contributed by atoms with Crippen molar-refractivity contribution >= 4 is 5.97 Å². The summed E-state index contributed by atoms with van der Waals surface area (Å²) in [7, 11) is 0. The molecular weight excluding hydrogens is 180 g/mol. The van der Waals surface area contributed by atoms with Gasteiger partial charge in [-0.2, -0.15) is 0 Å². The molecule has 0 spiro atoms. The van der Waals surface area contributed by atoms with E-state index in [4.69, 9.17) is 5.11 Å². The molecule has 3 nitrogen and oxygen atoms in total. The van der Waals surface area contributed by atoms with Crippen LogP contribution in [0.25, 0.3) is 0 Å². The third-order valence-corrected chi connectivity index (χ3v) is 2.20. The summed E-state index contributed by atoms with van der Waals surface area (Å²) in [6.45, 7) is 5.73. The van der Waals surface area contributed by atoms with Crippen LogP contribution in [0.3, 0.4) is 0 Å². The number of aliphatic hydroxyl groups excluding tert-OH is 1. The number of carbonyl (C=O) groups is 1. The Balaban J connectivity index is 3.79. The van der Waals surface area contributed by atoms with Crippen LogP contribution in [0.2, 0.25) is 0 Å². The minimum atomic E-state index is -1.04. The standard InChI is InChI=1S/C11H20O3/c1-8(2)6-4-5-7-10(12)9(3)11(13)14/h8,12H,4-7H2,1-3H3,(H,13,14). The molecule has 0 amide bonds. The van der Waals surface area contributed by atoms with Crippen molar-refractivity contribution in [2.75, 3.05) is 0 Å². The number of allylic oxidation sites excluding steroid dienone is 1. The lowest BCUT2D eigenvalue weighted by Gasteiger charge is -2.05. The molecule has 14 heavy (non-hydrogen) atoms. The van der Waals surface area contributed by atoms with Crippen LogP contribution in [-0.2, 0) is 4.79 Å². The monoisotopic (exact) mass is 200 g/mol. The first kappa shape index (κ1) is 13.0. The van der Waals surface area contributed by atoms with E-state index in [0.717, 1.165) is 19.3 Å². The molecule has 3 heteroatoms. The fraction of sp³-hybridized carbons (Fsp3) is 0.727. The molecule has 0 aliphatic rings. The van der Waals surface area contributed by atoms with E-state index in [0.29, 0.717) is 12.3 Å². The molecular formula is C11H20O3. The summed E-state index contributed by atoms with van der Waals surface area (Å²) in [5.41, 5.74) is 0.0644. The molecule has 0 bridgehead atoms. The van der Waals surface area contributed by atoms with Gasteiger partial charge < -0.3 is 10.2 Å². The zero-order chi connectivity index (χ0) is 11.1. The summed E-state index contributed by atoms with van der Waals surface area (Å²) >= 11 is 0. The van der Waals surface area contributed by atoms with Gasteiger partial charge in [-0.05, 0) is 19.3 Å². The molecule has 0 unspecified atom stereocenters. The molecule has 0 radical (unpaired) electrons. The SMILES string of the molecule is CC(C(=O)O)=C(O)CCCCC(C)C. The summed E-state index contributed by atoms with van der Waals surface area (Å²) in [6, 6.07) is 0. The minimum Gasteiger partial charge on any atom is -0.512 e. The van der Waals surface area contributed by atoms with Crippen LogP contribution < -0.4 is 0 Å². The molecule has 0 rings (SSSR count). The van der Waals surface area contributed by atoms with Crippen LogP contribution in [0.15, 0.2) is 11.3 Å². The van der Waals surface area contributed by atoms with Crippen LogP contribution in [0.4, 0.5) is 0 Å². The summed E-state index contributed by atoms with van der Waals surface area (Å²) < 4.78 is 0. The van der Waals surface area contributed by atoms with Crippen molar-refractivity contribution in [3.63, 3.8) is 0 Å². The van der Waals surface area contributed by atoms with Crippen LogP contribution in [0, 0.1) is 5.92 Å². The fourth-order valence-electron chi connectivity index (χ4n) is 1.16. The lowest BCUT2D eigenvalue weighted by atomic mass is 10.0. The number of hydrogen-bond acceptors (Lipinski definition) is 2. The highest BCUT2D eigenvalue weighted by Gasteiger charge is 2.07. The third-order valence-electron chi connectivity index (χ3n) is 2.20. The number of hydrogen-bond donors (Lipinski definition) is 2. The molecule has 0 atom stereocenters. The van der Waals surface area contributed by atoms with Crippen LogP contribution >= 0.6 is 0 Å². The van der Waals surface area contributed by atoms with Gasteiger partial charge in [0.15, 0.2) is 0 Å². The molecule has 0 aliphatic heterocycles. The molecule has 0 aromatic rings. The Morgan fingerprint density at radius 1 is 1.21 bits per heavy atom. The van der Waals surface area contributed by atoms with Gasteiger partial charge in [0.1, 0.15) is 5.76 Å². The number of rotatable bonds is 6. The van der Waals surface area contributed by atoms with Gasteiger partial charge in [-0.25, -0.2) is 4.79 Å². The van der Waals surface area contributed by atoms with Gasteiger partial charge in [-0.3, -0.25) is 0 Å². The Kier molecular flexibility index (Phi) is 6.00. The highest BCUT2D eigenvalue weighted by Crippen LogP contribution is 2.13. The average molecular weight is 200 g/mol. The second kappa shape index (κ2) is 6.46. The molecule has 0 aliphatic carbocycles. The molecule has 82 valence electrons. The zero-order valence-corrected chi connectivity index (χ0v) is 9.21. The summed E-state index contributed by atoms with van der Waals surface area (Å²) in [5, 5.41) is 17.9. The van der Waals surface area contributed by atoms with Gasteiger partial charge >= 0.3 is 5.97 Å². The van der Waals surface area contributed by atoms with Crippen molar-refractivity contribution in [1.29, 1.82) is 0 Å². The van der Waals surface area contributed by atoms with Crippen LogP contribution in [0.1, 0.15) is 46.5 Å². The molecule has 0 fully saturated rings. The maximum Gasteiger partial charge on any atom is 0.334 e. The molecule has 0 aromatic heterocycles. The largest absolute Gasteiger partial charge is 0.512 e. The van der Waals surface area contributed by atoms with Gasteiger partial charge in [0.05, 0.1) is 5.57 Å². The van der Waals surface area contributed by atoms with Crippen LogP contribution in [-0.4, -0.2) is 16.2 Å². The maximum atomic E-state index is 10.5. The summed E-state index contributed by atoms with van der Waals surface area (Å²) in [5.74, 6) is -0.352. The van der Waals surface area contributed by atoms with E-state index in [1.54, 1.807) is 0 Å². The highest BCUT2D eigenvalue weighted by atomic mass is 16.4. The van der Waals surface area contributed by atoms with Crippen molar-refractivity contribution in [2.24, 2.45) is 5.92 Å². The van der Waals surface area contributed by atoms with E-state index >= 15 is 0 Å². The zero-order valence-electron chi connectivity index (χ0n) is 9.21. The lowest BCUT2D eigenvalue weighted by Crippen LogP contribution is -2.01. The first-order valence-corrected chi connectivity index (χ1v) is 5.07. The molecule has 0 saturated carbocycles. The van der Waals surface area contributed by atoms with Crippen molar-refractivity contribution in [2.45, 2.75) is 46.5 Å². The normalized spacial score (nSPS) is 12.9. The second-order valence-electron chi connectivity index (χ2n) is 4.02. The Hall–Kier alpha value is -0.990. The lowest BCUT2D eigenvalue weighted by molar-refractivity contribution is -0.132. The molecule has 0 aromatic carbocycles. The summed E-state index contributed by atoms with van der Waals surface area (Å²) in [4.78, 5) is 10.5. The molecule has 0 saturated heterocycles. The number of aliphatic hydroxyl groups is 1. The van der Waals surface area contributed by atoms with Crippen molar-refractivity contribution in [1.82, 2.24) is 0 Å². The molecule has 2 N–H and O–H groups in total. The van der Waals surface area contributed by atoms with Crippen molar-refractivity contribution in [3.05, 3.63) is 11.3 Å². The Morgan fingerprint density at radius 2 is 1.79 bits per heavy atom. The average Bonchev–Trinajstić information content (AvgIpc) is 2.10.